The van der Waals surface area contributed by atoms with Gasteiger partial charge in [0.05, 0.1) is 6.42 Å². The third kappa shape index (κ3) is 2.47. The smallest absolute Gasteiger partial charge is 0.307 e. The molecule has 0 aliphatic heterocycles. The average Bonchev–Trinajstić information content (AvgIpc) is 2.69. The van der Waals surface area contributed by atoms with Crippen LogP contribution in [0.3, 0.4) is 0 Å². The maximum atomic E-state index is 10.7. The number of nitrogens with one attached hydrogen (secondary N) is 1. The minimum atomic E-state index is -0.844. The summed E-state index contributed by atoms with van der Waals surface area (Å²) >= 11 is 0. The summed E-state index contributed by atoms with van der Waals surface area (Å²) in [4.78, 5) is 13.7. The molecule has 2 N–H and O–H groups in total. The highest BCUT2D eigenvalue weighted by atomic mass is 16.5. The van der Waals surface area contributed by atoms with Crippen LogP contribution in [-0.4, -0.2) is 22.7 Å². The van der Waals surface area contributed by atoms with Gasteiger partial charge in [-0.1, -0.05) is 12.7 Å². The van der Waals surface area contributed by atoms with Crippen LogP contribution in [-0.2, 0) is 11.2 Å². The molecule has 0 amide bonds. The zero-order valence-corrected chi connectivity index (χ0v) is 9.27. The summed E-state index contributed by atoms with van der Waals surface area (Å²) in [5.74, 6) is -0.132. The molecule has 0 radical (unpaired) electrons. The molecule has 0 saturated carbocycles. The summed E-state index contributed by atoms with van der Waals surface area (Å²) in [6, 6.07) is 5.56. The molecule has 0 fully saturated rings. The van der Waals surface area contributed by atoms with Crippen molar-refractivity contribution in [2.24, 2.45) is 0 Å². The van der Waals surface area contributed by atoms with E-state index in [1.807, 2.05) is 18.2 Å². The number of hydrogen-bond donors (Lipinski definition) is 2. The predicted molar refractivity (Wildman–Crippen MR) is 65.3 cm³/mol. The van der Waals surface area contributed by atoms with Crippen LogP contribution in [0.15, 0.2) is 37.1 Å². The largest absolute Gasteiger partial charge is 0.490 e. The normalized spacial score (nSPS) is 10.4. The Labute approximate surface area is 98.5 Å². The average molecular weight is 231 g/mol. The van der Waals surface area contributed by atoms with E-state index in [9.17, 15) is 4.79 Å². The number of aromatic amines is 1. The second-order valence-electron chi connectivity index (χ2n) is 3.69. The van der Waals surface area contributed by atoms with Gasteiger partial charge >= 0.3 is 5.97 Å². The molecule has 0 saturated heterocycles. The lowest BCUT2D eigenvalue weighted by molar-refractivity contribution is -0.136. The van der Waals surface area contributed by atoms with E-state index in [4.69, 9.17) is 9.84 Å². The number of H-pyrrole nitrogens is 1. The Morgan fingerprint density at radius 2 is 2.35 bits per heavy atom. The highest BCUT2D eigenvalue weighted by Gasteiger charge is 2.08. The van der Waals surface area contributed by atoms with Crippen molar-refractivity contribution in [3.63, 3.8) is 0 Å². The van der Waals surface area contributed by atoms with Crippen LogP contribution < -0.4 is 4.74 Å². The summed E-state index contributed by atoms with van der Waals surface area (Å²) in [6.07, 6.45) is 3.39. The molecule has 1 heterocycles. The number of hydrogen-bond acceptors (Lipinski definition) is 2. The number of ether oxygens (including phenoxy) is 1. The number of benzene rings is 1. The molecule has 0 bridgehead atoms. The van der Waals surface area contributed by atoms with Crippen LogP contribution in [0.25, 0.3) is 10.9 Å². The first kappa shape index (κ1) is 11.3. The number of aromatic nitrogens is 1. The van der Waals surface area contributed by atoms with Crippen LogP contribution in [0, 0.1) is 0 Å². The van der Waals surface area contributed by atoms with Crippen molar-refractivity contribution in [1.82, 2.24) is 4.98 Å². The molecule has 1 aromatic heterocycles. The maximum absolute atomic E-state index is 10.7. The van der Waals surface area contributed by atoms with Gasteiger partial charge in [0.2, 0.25) is 0 Å². The number of rotatable bonds is 5. The number of fused-ring (bicyclic) bond motifs is 1. The SMILES string of the molecule is C=CCOc1ccc2[nH]cc(CC(=O)O)c2c1. The Bertz CT molecular complexity index is 557. The molecule has 0 spiro atoms. The Hall–Kier alpha value is -2.23. The van der Waals surface area contributed by atoms with Gasteiger partial charge in [-0.15, -0.1) is 0 Å². The minimum absolute atomic E-state index is 0.00487. The fourth-order valence-corrected chi connectivity index (χ4v) is 1.71. The number of carboxylic acids is 1. The summed E-state index contributed by atoms with van der Waals surface area (Å²) in [6.45, 7) is 4.01. The van der Waals surface area contributed by atoms with Crippen molar-refractivity contribution < 1.29 is 14.6 Å². The molecular formula is C13H13NO3. The lowest BCUT2D eigenvalue weighted by Crippen LogP contribution is -1.99. The predicted octanol–water partition coefficient (Wildman–Crippen LogP) is 2.36. The summed E-state index contributed by atoms with van der Waals surface area (Å²) < 4.78 is 5.41. The third-order valence-corrected chi connectivity index (χ3v) is 2.45. The lowest BCUT2D eigenvalue weighted by Gasteiger charge is -2.03. The Kier molecular flexibility index (Phi) is 3.14. The van der Waals surface area contributed by atoms with Crippen molar-refractivity contribution in [3.05, 3.63) is 42.6 Å². The van der Waals surface area contributed by atoms with Crippen LogP contribution >= 0.6 is 0 Å². The van der Waals surface area contributed by atoms with Gasteiger partial charge in [-0.3, -0.25) is 4.79 Å². The minimum Gasteiger partial charge on any atom is -0.490 e. The second kappa shape index (κ2) is 4.74. The monoisotopic (exact) mass is 231 g/mol. The molecule has 1 aromatic carbocycles. The molecule has 0 aliphatic rings. The van der Waals surface area contributed by atoms with Gasteiger partial charge in [0.15, 0.2) is 0 Å². The fourth-order valence-electron chi connectivity index (χ4n) is 1.71. The first-order valence-corrected chi connectivity index (χ1v) is 5.26. The van der Waals surface area contributed by atoms with Crippen molar-refractivity contribution in [3.8, 4) is 5.75 Å². The Balaban J connectivity index is 2.35. The van der Waals surface area contributed by atoms with Crippen LogP contribution in [0.4, 0.5) is 0 Å². The molecule has 0 unspecified atom stereocenters. The highest BCUT2D eigenvalue weighted by molar-refractivity contribution is 5.87. The molecule has 4 nitrogen and oxygen atoms in total. The van der Waals surface area contributed by atoms with Gasteiger partial charge in [0.25, 0.3) is 0 Å². The highest BCUT2D eigenvalue weighted by Crippen LogP contribution is 2.24. The van der Waals surface area contributed by atoms with Gasteiger partial charge < -0.3 is 14.8 Å². The molecule has 17 heavy (non-hydrogen) atoms. The van der Waals surface area contributed by atoms with E-state index >= 15 is 0 Å². The van der Waals surface area contributed by atoms with Gasteiger partial charge in [0.1, 0.15) is 12.4 Å². The van der Waals surface area contributed by atoms with Crippen molar-refractivity contribution in [1.29, 1.82) is 0 Å². The molecule has 0 atom stereocenters. The Morgan fingerprint density at radius 3 is 3.06 bits per heavy atom. The van der Waals surface area contributed by atoms with Gasteiger partial charge in [-0.2, -0.15) is 0 Å². The van der Waals surface area contributed by atoms with Gasteiger partial charge in [0, 0.05) is 17.1 Å². The van der Waals surface area contributed by atoms with E-state index in [0.717, 1.165) is 16.5 Å². The lowest BCUT2D eigenvalue weighted by atomic mass is 10.1. The summed E-state index contributed by atoms with van der Waals surface area (Å²) in [5.41, 5.74) is 1.67. The standard InChI is InChI=1S/C13H13NO3/c1-2-5-17-10-3-4-12-11(7-10)9(8-14-12)6-13(15)16/h2-4,7-8,14H,1,5-6H2,(H,15,16). The molecule has 88 valence electrons. The van der Waals surface area contributed by atoms with E-state index in [1.165, 1.54) is 0 Å². The van der Waals surface area contributed by atoms with E-state index in [0.29, 0.717) is 12.4 Å². The molecular weight excluding hydrogens is 218 g/mol. The van der Waals surface area contributed by atoms with Crippen LogP contribution in [0.1, 0.15) is 5.56 Å². The van der Waals surface area contributed by atoms with Crippen molar-refractivity contribution in [2.45, 2.75) is 6.42 Å². The van der Waals surface area contributed by atoms with E-state index in [-0.39, 0.29) is 6.42 Å². The number of carboxylic acid groups (broad SMARTS) is 1. The van der Waals surface area contributed by atoms with Crippen molar-refractivity contribution >= 4 is 16.9 Å². The summed E-state index contributed by atoms with van der Waals surface area (Å²) in [5, 5.41) is 9.68. The fraction of sp³-hybridized carbons (Fsp3) is 0.154. The third-order valence-electron chi connectivity index (χ3n) is 2.45. The topological polar surface area (TPSA) is 62.3 Å². The zero-order chi connectivity index (χ0) is 12.3. The number of aliphatic carboxylic acids is 1. The molecule has 2 rings (SSSR count). The van der Waals surface area contributed by atoms with Crippen LogP contribution in [0.2, 0.25) is 0 Å². The summed E-state index contributed by atoms with van der Waals surface area (Å²) in [7, 11) is 0. The van der Waals surface area contributed by atoms with E-state index in [1.54, 1.807) is 12.3 Å². The van der Waals surface area contributed by atoms with Gasteiger partial charge in [-0.05, 0) is 23.8 Å². The number of carbonyl (C=O) groups is 1. The maximum Gasteiger partial charge on any atom is 0.307 e. The second-order valence-corrected chi connectivity index (χ2v) is 3.69. The first-order valence-electron chi connectivity index (χ1n) is 5.26. The van der Waals surface area contributed by atoms with E-state index in [2.05, 4.69) is 11.6 Å². The molecule has 0 aliphatic carbocycles. The van der Waals surface area contributed by atoms with Gasteiger partial charge in [-0.25, -0.2) is 0 Å². The zero-order valence-electron chi connectivity index (χ0n) is 9.27. The van der Waals surface area contributed by atoms with E-state index < -0.39 is 5.97 Å². The quantitative estimate of drug-likeness (QED) is 0.776. The first-order chi connectivity index (χ1) is 8.20. The van der Waals surface area contributed by atoms with Crippen LogP contribution in [0.5, 0.6) is 5.75 Å². The molecule has 4 heteroatoms. The molecule has 2 aromatic rings. The Morgan fingerprint density at radius 1 is 1.53 bits per heavy atom. The van der Waals surface area contributed by atoms with Crippen molar-refractivity contribution in [2.75, 3.05) is 6.61 Å².